The van der Waals surface area contributed by atoms with Gasteiger partial charge in [-0.15, -0.1) is 0 Å². The Bertz CT molecular complexity index is 202. The average molecular weight is 242 g/mol. The smallest absolute Gasteiger partial charge is 0.0197 e. The van der Waals surface area contributed by atoms with Crippen LogP contribution in [0.15, 0.2) is 0 Å². The first kappa shape index (κ1) is 12.7. The van der Waals surface area contributed by atoms with Gasteiger partial charge in [0, 0.05) is 17.8 Å². The van der Waals surface area contributed by atoms with E-state index in [4.69, 9.17) is 5.73 Å². The highest BCUT2D eigenvalue weighted by atomic mass is 32.2. The van der Waals surface area contributed by atoms with E-state index >= 15 is 0 Å². The lowest BCUT2D eigenvalue weighted by molar-refractivity contribution is 0.0799. The van der Waals surface area contributed by atoms with E-state index in [1.54, 1.807) is 0 Å². The second-order valence-electron chi connectivity index (χ2n) is 5.20. The van der Waals surface area contributed by atoms with Crippen LogP contribution in [0.5, 0.6) is 0 Å². The summed E-state index contributed by atoms with van der Waals surface area (Å²) in [5.41, 5.74) is 5.95. The number of nitrogens with two attached hydrogens (primary N) is 1. The van der Waals surface area contributed by atoms with Crippen LogP contribution in [0.2, 0.25) is 0 Å². The Hall–Kier alpha value is 0.270. The van der Waals surface area contributed by atoms with Gasteiger partial charge in [-0.2, -0.15) is 11.8 Å². The predicted molar refractivity (Wildman–Crippen MR) is 72.9 cm³/mol. The monoisotopic (exact) mass is 242 g/mol. The molecule has 1 saturated carbocycles. The summed E-state index contributed by atoms with van der Waals surface area (Å²) in [6, 6.07) is 1.62. The molecule has 1 aliphatic heterocycles. The van der Waals surface area contributed by atoms with E-state index in [-0.39, 0.29) is 0 Å². The zero-order valence-corrected chi connectivity index (χ0v) is 11.3. The van der Waals surface area contributed by atoms with Gasteiger partial charge >= 0.3 is 0 Å². The number of nitrogens with zero attached hydrogens (tertiary/aromatic N) is 1. The molecule has 2 rings (SSSR count). The van der Waals surface area contributed by atoms with Crippen LogP contribution in [0.1, 0.15) is 39.0 Å². The number of hydrogen-bond donors (Lipinski definition) is 1. The van der Waals surface area contributed by atoms with Crippen molar-refractivity contribution in [1.82, 2.24) is 4.90 Å². The zero-order chi connectivity index (χ0) is 11.4. The molecule has 16 heavy (non-hydrogen) atoms. The molecule has 3 unspecified atom stereocenters. The summed E-state index contributed by atoms with van der Waals surface area (Å²) in [5, 5.41) is 0. The molecule has 0 amide bonds. The van der Waals surface area contributed by atoms with Gasteiger partial charge in [-0.3, -0.25) is 4.90 Å². The maximum atomic E-state index is 5.95. The molecule has 1 aliphatic carbocycles. The van der Waals surface area contributed by atoms with Gasteiger partial charge in [-0.05, 0) is 44.0 Å². The van der Waals surface area contributed by atoms with Gasteiger partial charge in [-0.1, -0.05) is 19.8 Å². The third-order valence-electron chi connectivity index (χ3n) is 4.34. The Kier molecular flexibility index (Phi) is 4.98. The highest BCUT2D eigenvalue weighted by Crippen LogP contribution is 2.32. The van der Waals surface area contributed by atoms with Crippen molar-refractivity contribution in [2.45, 2.75) is 51.1 Å². The first-order valence-corrected chi connectivity index (χ1v) is 8.05. The Balaban J connectivity index is 1.99. The first-order valence-electron chi connectivity index (χ1n) is 6.90. The van der Waals surface area contributed by atoms with E-state index in [1.165, 1.54) is 50.2 Å². The minimum atomic E-state index is 0.763. The highest BCUT2D eigenvalue weighted by Gasteiger charge is 2.33. The first-order chi connectivity index (χ1) is 7.86. The fourth-order valence-corrected chi connectivity index (χ4v) is 4.68. The molecule has 0 spiro atoms. The fraction of sp³-hybridized carbons (Fsp3) is 1.00. The van der Waals surface area contributed by atoms with Crippen molar-refractivity contribution in [1.29, 1.82) is 0 Å². The van der Waals surface area contributed by atoms with E-state index < -0.39 is 0 Å². The summed E-state index contributed by atoms with van der Waals surface area (Å²) in [6.45, 7) is 4.43. The van der Waals surface area contributed by atoms with E-state index in [2.05, 4.69) is 23.6 Å². The Morgan fingerprint density at radius 2 is 2.06 bits per heavy atom. The van der Waals surface area contributed by atoms with Crippen molar-refractivity contribution < 1.29 is 0 Å². The fourth-order valence-electron chi connectivity index (χ4n) is 3.45. The zero-order valence-electron chi connectivity index (χ0n) is 10.5. The molecule has 0 aromatic rings. The number of rotatable bonds is 4. The maximum Gasteiger partial charge on any atom is 0.0197 e. The lowest BCUT2D eigenvalue weighted by Crippen LogP contribution is -2.49. The summed E-state index contributed by atoms with van der Waals surface area (Å²) < 4.78 is 0. The van der Waals surface area contributed by atoms with E-state index in [9.17, 15) is 0 Å². The lowest BCUT2D eigenvalue weighted by Gasteiger charge is -2.42. The second-order valence-corrected chi connectivity index (χ2v) is 6.35. The quantitative estimate of drug-likeness (QED) is 0.820. The van der Waals surface area contributed by atoms with Crippen LogP contribution in [-0.2, 0) is 0 Å². The van der Waals surface area contributed by atoms with Crippen LogP contribution in [0, 0.1) is 5.92 Å². The van der Waals surface area contributed by atoms with Crippen LogP contribution >= 0.6 is 11.8 Å². The summed E-state index contributed by atoms with van der Waals surface area (Å²) >= 11 is 2.13. The van der Waals surface area contributed by atoms with Crippen LogP contribution in [0.4, 0.5) is 0 Å². The molecule has 0 aromatic heterocycles. The van der Waals surface area contributed by atoms with Gasteiger partial charge in [0.2, 0.25) is 0 Å². The predicted octanol–water partition coefficient (Wildman–Crippen LogP) is 2.33. The summed E-state index contributed by atoms with van der Waals surface area (Å²) in [5.74, 6) is 3.47. The summed E-state index contributed by atoms with van der Waals surface area (Å²) in [7, 11) is 0. The SMILES string of the molecule is CCN(C1CCSC1)C1CCCCC1CN. The second kappa shape index (κ2) is 6.27. The standard InChI is InChI=1S/C13H26N2S/c1-2-15(12-7-8-16-10-12)13-6-4-3-5-11(13)9-14/h11-13H,2-10,14H2,1H3. The number of thioether (sulfide) groups is 1. The van der Waals surface area contributed by atoms with Crippen LogP contribution in [0.25, 0.3) is 0 Å². The van der Waals surface area contributed by atoms with E-state index in [0.717, 1.165) is 24.5 Å². The summed E-state index contributed by atoms with van der Waals surface area (Å²) in [4.78, 5) is 2.77. The molecule has 3 atom stereocenters. The third-order valence-corrected chi connectivity index (χ3v) is 5.48. The minimum Gasteiger partial charge on any atom is -0.330 e. The largest absolute Gasteiger partial charge is 0.330 e. The van der Waals surface area contributed by atoms with E-state index in [0.29, 0.717) is 0 Å². The van der Waals surface area contributed by atoms with Crippen LogP contribution in [0.3, 0.4) is 0 Å². The number of hydrogen-bond acceptors (Lipinski definition) is 3. The van der Waals surface area contributed by atoms with Gasteiger partial charge in [0.15, 0.2) is 0 Å². The average Bonchev–Trinajstić information content (AvgIpc) is 2.84. The molecular formula is C13H26N2S. The maximum absolute atomic E-state index is 5.95. The van der Waals surface area contributed by atoms with Gasteiger partial charge in [-0.25, -0.2) is 0 Å². The highest BCUT2D eigenvalue weighted by molar-refractivity contribution is 7.99. The molecule has 1 heterocycles. The molecule has 2 aliphatic rings. The molecule has 94 valence electrons. The molecule has 1 saturated heterocycles. The van der Waals surface area contributed by atoms with Crippen molar-refractivity contribution in [2.75, 3.05) is 24.6 Å². The van der Waals surface area contributed by atoms with Gasteiger partial charge in [0.1, 0.15) is 0 Å². The molecule has 2 nitrogen and oxygen atoms in total. The molecule has 2 N–H and O–H groups in total. The molecule has 0 radical (unpaired) electrons. The van der Waals surface area contributed by atoms with Gasteiger partial charge in [0.05, 0.1) is 0 Å². The molecule has 0 aromatic carbocycles. The molecule has 3 heteroatoms. The van der Waals surface area contributed by atoms with Crippen LogP contribution < -0.4 is 5.73 Å². The van der Waals surface area contributed by atoms with Crippen molar-refractivity contribution in [3.8, 4) is 0 Å². The normalized spacial score (nSPS) is 35.8. The molecule has 2 fully saturated rings. The van der Waals surface area contributed by atoms with Crippen molar-refractivity contribution in [3.63, 3.8) is 0 Å². The van der Waals surface area contributed by atoms with E-state index in [1.807, 2.05) is 0 Å². The van der Waals surface area contributed by atoms with Crippen LogP contribution in [-0.4, -0.2) is 41.6 Å². The minimum absolute atomic E-state index is 0.763. The Morgan fingerprint density at radius 3 is 2.69 bits per heavy atom. The van der Waals surface area contributed by atoms with Crippen molar-refractivity contribution in [3.05, 3.63) is 0 Å². The Morgan fingerprint density at radius 1 is 1.25 bits per heavy atom. The molecule has 0 bridgehead atoms. The van der Waals surface area contributed by atoms with Crippen molar-refractivity contribution in [2.24, 2.45) is 11.7 Å². The van der Waals surface area contributed by atoms with Crippen molar-refractivity contribution >= 4 is 11.8 Å². The summed E-state index contributed by atoms with van der Waals surface area (Å²) in [6.07, 6.45) is 6.95. The third kappa shape index (κ3) is 2.74. The molecular weight excluding hydrogens is 216 g/mol. The lowest BCUT2D eigenvalue weighted by atomic mass is 9.83. The van der Waals surface area contributed by atoms with Gasteiger partial charge in [0.25, 0.3) is 0 Å². The Labute approximate surface area is 104 Å². The topological polar surface area (TPSA) is 29.3 Å². The van der Waals surface area contributed by atoms with Gasteiger partial charge < -0.3 is 5.73 Å².